The zero-order chi connectivity index (χ0) is 14.8. The largest absolute Gasteiger partial charge is 0.339 e. The van der Waals surface area contributed by atoms with Crippen LogP contribution in [0.2, 0.25) is 5.02 Å². The first-order chi connectivity index (χ1) is 10.2. The number of anilines is 1. The van der Waals surface area contributed by atoms with Crippen molar-refractivity contribution in [2.45, 2.75) is 18.9 Å². The molecule has 1 aliphatic rings. The van der Waals surface area contributed by atoms with E-state index in [-0.39, 0.29) is 5.91 Å². The lowest BCUT2D eigenvalue weighted by Crippen LogP contribution is -2.16. The number of thiazole rings is 1. The Labute approximate surface area is 131 Å². The number of nitrogens with zero attached hydrogens (tertiary/aromatic N) is 2. The monoisotopic (exact) mass is 320 g/mol. The first-order valence-electron chi connectivity index (χ1n) is 6.51. The molecule has 2 aromatic heterocycles. The van der Waals surface area contributed by atoms with E-state index in [1.165, 1.54) is 11.3 Å². The number of hydrogen-bond acceptors (Lipinski definition) is 4. The van der Waals surface area contributed by atoms with E-state index in [0.717, 1.165) is 17.7 Å². The smallest absolute Gasteiger partial charge is 0.274 e. The third-order valence-corrected chi connectivity index (χ3v) is 4.06. The van der Waals surface area contributed by atoms with E-state index in [1.54, 1.807) is 18.5 Å². The quantitative estimate of drug-likeness (QED) is 0.853. The summed E-state index contributed by atoms with van der Waals surface area (Å²) >= 11 is 7.32. The van der Waals surface area contributed by atoms with Gasteiger partial charge in [-0.2, -0.15) is 0 Å². The molecule has 108 valence electrons. The Hall–Kier alpha value is -1.81. The molecule has 1 fully saturated rings. The molecule has 1 aliphatic carbocycles. The van der Waals surface area contributed by atoms with Gasteiger partial charge in [-0.1, -0.05) is 34.8 Å². The van der Waals surface area contributed by atoms with Gasteiger partial charge in [0.05, 0.1) is 22.6 Å². The van der Waals surface area contributed by atoms with Gasteiger partial charge in [-0.25, -0.2) is 4.98 Å². The Balaban J connectivity index is 1.75. The zero-order valence-corrected chi connectivity index (χ0v) is 12.7. The summed E-state index contributed by atoms with van der Waals surface area (Å²) in [6.07, 6.45) is 5.59. The third-order valence-electron chi connectivity index (χ3n) is 3.03. The summed E-state index contributed by atoms with van der Waals surface area (Å²) in [7, 11) is 0. The molecule has 1 saturated carbocycles. The summed E-state index contributed by atoms with van der Waals surface area (Å²) in [6.45, 7) is 0.299. The number of nitrogens with one attached hydrogen (secondary N) is 1. The van der Waals surface area contributed by atoms with Crippen LogP contribution in [0.5, 0.6) is 0 Å². The van der Waals surface area contributed by atoms with E-state index >= 15 is 0 Å². The van der Waals surface area contributed by atoms with E-state index in [2.05, 4.69) is 22.1 Å². The van der Waals surface area contributed by atoms with Gasteiger partial charge in [0.15, 0.2) is 5.13 Å². The molecule has 21 heavy (non-hydrogen) atoms. The second kappa shape index (κ2) is 5.90. The predicted octanol–water partition coefficient (Wildman–Crippen LogP) is 2.50. The first kappa shape index (κ1) is 14.1. The molecule has 1 amide bonds. The number of amides is 1. The van der Waals surface area contributed by atoms with Crippen LogP contribution in [-0.2, 0) is 0 Å². The molecule has 2 heterocycles. The van der Waals surface area contributed by atoms with Gasteiger partial charge in [-0.05, 0) is 18.9 Å². The van der Waals surface area contributed by atoms with Gasteiger partial charge in [-0.15, -0.1) is 0 Å². The minimum absolute atomic E-state index is 0.207. The van der Waals surface area contributed by atoms with Crippen molar-refractivity contribution in [1.82, 2.24) is 9.55 Å². The molecular weight excluding hydrogens is 308 g/mol. The molecule has 3 rings (SSSR count). The maximum atomic E-state index is 12.3. The van der Waals surface area contributed by atoms with Crippen LogP contribution in [0.15, 0.2) is 18.5 Å². The van der Waals surface area contributed by atoms with Crippen LogP contribution < -0.4 is 11.1 Å². The van der Waals surface area contributed by atoms with Crippen LogP contribution in [0.25, 0.3) is 0 Å². The fraction of sp³-hybridized carbons (Fsp3) is 0.286. The van der Waals surface area contributed by atoms with Crippen LogP contribution in [0.1, 0.15) is 34.2 Å². The van der Waals surface area contributed by atoms with Gasteiger partial charge in [0.2, 0.25) is 0 Å². The number of carbonyl (C=O) groups excluding carboxylic acids is 1. The molecule has 0 aromatic carbocycles. The average Bonchev–Trinajstić information content (AvgIpc) is 3.09. The molecule has 2 aromatic rings. The van der Waals surface area contributed by atoms with E-state index in [1.807, 2.05) is 4.57 Å². The van der Waals surface area contributed by atoms with Crippen molar-refractivity contribution in [2.75, 3.05) is 11.9 Å². The molecule has 0 aliphatic heterocycles. The number of rotatable bonds is 3. The van der Waals surface area contributed by atoms with Crippen molar-refractivity contribution in [3.63, 3.8) is 0 Å². The maximum absolute atomic E-state index is 12.3. The average molecular weight is 321 g/mol. The van der Waals surface area contributed by atoms with Crippen molar-refractivity contribution in [3.05, 3.63) is 34.1 Å². The van der Waals surface area contributed by atoms with Crippen LogP contribution >= 0.6 is 22.9 Å². The van der Waals surface area contributed by atoms with Crippen molar-refractivity contribution in [2.24, 2.45) is 5.73 Å². The summed E-state index contributed by atoms with van der Waals surface area (Å²) in [5.74, 6) is 5.43. The molecule has 0 unspecified atom stereocenters. The predicted molar refractivity (Wildman–Crippen MR) is 83.7 cm³/mol. The van der Waals surface area contributed by atoms with E-state index in [4.69, 9.17) is 17.3 Å². The Kier molecular flexibility index (Phi) is 3.97. The van der Waals surface area contributed by atoms with Crippen LogP contribution in [0, 0.1) is 11.8 Å². The van der Waals surface area contributed by atoms with Gasteiger partial charge in [-0.3, -0.25) is 10.1 Å². The highest BCUT2D eigenvalue weighted by Crippen LogP contribution is 2.37. The van der Waals surface area contributed by atoms with Crippen molar-refractivity contribution in [3.8, 4) is 11.8 Å². The van der Waals surface area contributed by atoms with Crippen molar-refractivity contribution < 1.29 is 4.79 Å². The lowest BCUT2D eigenvalue weighted by Gasteiger charge is -2.06. The number of hydrogen-bond donors (Lipinski definition) is 2. The SMILES string of the molecule is NCC#Cc1cnc(NC(=O)c2cc(Cl)cn2C2CC2)s1. The number of aromatic nitrogens is 2. The van der Waals surface area contributed by atoms with Crippen LogP contribution in [0.4, 0.5) is 5.13 Å². The number of halogens is 1. The topological polar surface area (TPSA) is 72.9 Å². The molecule has 0 atom stereocenters. The summed E-state index contributed by atoms with van der Waals surface area (Å²) in [5, 5.41) is 3.87. The van der Waals surface area contributed by atoms with Gasteiger partial charge in [0.1, 0.15) is 5.69 Å². The molecule has 5 nitrogen and oxygen atoms in total. The second-order valence-electron chi connectivity index (χ2n) is 4.67. The first-order valence-corrected chi connectivity index (χ1v) is 7.70. The van der Waals surface area contributed by atoms with Gasteiger partial charge in [0.25, 0.3) is 5.91 Å². The zero-order valence-electron chi connectivity index (χ0n) is 11.1. The fourth-order valence-electron chi connectivity index (χ4n) is 1.97. The van der Waals surface area contributed by atoms with Crippen molar-refractivity contribution in [1.29, 1.82) is 0 Å². The standard InChI is InChI=1S/C14H13ClN4OS/c15-9-6-12(19(8-9)10-3-4-10)13(20)18-14-17-7-11(21-14)2-1-5-16/h6-8,10H,3-5,16H2,(H,17,18,20). The van der Waals surface area contributed by atoms with E-state index < -0.39 is 0 Å². The Morgan fingerprint density at radius 1 is 1.62 bits per heavy atom. The van der Waals surface area contributed by atoms with Crippen LogP contribution in [-0.4, -0.2) is 22.0 Å². The van der Waals surface area contributed by atoms with Gasteiger partial charge >= 0.3 is 0 Å². The van der Waals surface area contributed by atoms with Gasteiger partial charge < -0.3 is 10.3 Å². The van der Waals surface area contributed by atoms with Crippen LogP contribution in [0.3, 0.4) is 0 Å². The maximum Gasteiger partial charge on any atom is 0.274 e. The normalized spacial score (nSPS) is 13.6. The molecule has 3 N–H and O–H groups in total. The Bertz CT molecular complexity index is 736. The van der Waals surface area contributed by atoms with Gasteiger partial charge in [0, 0.05) is 12.2 Å². The highest BCUT2D eigenvalue weighted by molar-refractivity contribution is 7.16. The van der Waals surface area contributed by atoms with Crippen molar-refractivity contribution >= 4 is 34.0 Å². The number of carbonyl (C=O) groups is 1. The molecule has 0 bridgehead atoms. The minimum atomic E-state index is -0.207. The molecule has 0 radical (unpaired) electrons. The molecular formula is C14H13ClN4OS. The van der Waals surface area contributed by atoms with E-state index in [0.29, 0.717) is 28.4 Å². The summed E-state index contributed by atoms with van der Waals surface area (Å²) in [4.78, 5) is 17.2. The minimum Gasteiger partial charge on any atom is -0.339 e. The lowest BCUT2D eigenvalue weighted by molar-refractivity contribution is 0.101. The highest BCUT2D eigenvalue weighted by Gasteiger charge is 2.28. The molecule has 7 heteroatoms. The summed E-state index contributed by atoms with van der Waals surface area (Å²) in [5.41, 5.74) is 5.88. The number of nitrogens with two attached hydrogens (primary N) is 1. The highest BCUT2D eigenvalue weighted by atomic mass is 35.5. The Morgan fingerprint density at radius 2 is 2.43 bits per heavy atom. The lowest BCUT2D eigenvalue weighted by atomic mass is 10.4. The molecule has 0 spiro atoms. The van der Waals surface area contributed by atoms with E-state index in [9.17, 15) is 4.79 Å². The second-order valence-corrected chi connectivity index (χ2v) is 6.14. The Morgan fingerprint density at radius 3 is 3.14 bits per heavy atom. The summed E-state index contributed by atoms with van der Waals surface area (Å²) in [6, 6.07) is 2.07. The fourth-order valence-corrected chi connectivity index (χ4v) is 2.87. The molecule has 0 saturated heterocycles. The summed E-state index contributed by atoms with van der Waals surface area (Å²) < 4.78 is 1.93. The third kappa shape index (κ3) is 3.27.